The standard InChI is InChI=1S/C8H8BNO2/c11-9(12)8-7-4-2-1-3-6(7)5-10-8/h1-5,10-12H. The van der Waals surface area contributed by atoms with Crippen LogP contribution in [-0.2, 0) is 0 Å². The van der Waals surface area contributed by atoms with Gasteiger partial charge in [-0.2, -0.15) is 0 Å². The van der Waals surface area contributed by atoms with Crippen LogP contribution in [0.3, 0.4) is 0 Å². The van der Waals surface area contributed by atoms with Crippen molar-refractivity contribution in [1.29, 1.82) is 0 Å². The lowest BCUT2D eigenvalue weighted by Crippen LogP contribution is -2.31. The van der Waals surface area contributed by atoms with Crippen LogP contribution in [0.5, 0.6) is 0 Å². The third kappa shape index (κ3) is 1.01. The van der Waals surface area contributed by atoms with Gasteiger partial charge in [-0.25, -0.2) is 0 Å². The summed E-state index contributed by atoms with van der Waals surface area (Å²) in [5.74, 6) is 0. The number of benzene rings is 1. The van der Waals surface area contributed by atoms with Gasteiger partial charge in [-0.1, -0.05) is 24.3 Å². The zero-order chi connectivity index (χ0) is 8.55. The third-order valence-electron chi connectivity index (χ3n) is 1.89. The summed E-state index contributed by atoms with van der Waals surface area (Å²) in [6, 6.07) is 7.53. The molecule has 2 aromatic rings. The quantitative estimate of drug-likeness (QED) is 0.509. The molecule has 0 saturated carbocycles. The summed E-state index contributed by atoms with van der Waals surface area (Å²) in [6.45, 7) is 0. The van der Waals surface area contributed by atoms with Gasteiger partial charge in [-0.15, -0.1) is 0 Å². The van der Waals surface area contributed by atoms with Gasteiger partial charge in [-0.05, 0) is 10.8 Å². The molecule has 0 radical (unpaired) electrons. The smallest absolute Gasteiger partial charge is 0.422 e. The lowest BCUT2D eigenvalue weighted by molar-refractivity contribution is 0.425. The van der Waals surface area contributed by atoms with E-state index in [-0.39, 0.29) is 0 Å². The second-order valence-corrected chi connectivity index (χ2v) is 2.66. The van der Waals surface area contributed by atoms with Crippen molar-refractivity contribution in [2.24, 2.45) is 0 Å². The first-order valence-corrected chi connectivity index (χ1v) is 3.71. The molecule has 0 saturated heterocycles. The largest absolute Gasteiger partial charge is 0.506 e. The molecule has 0 bridgehead atoms. The van der Waals surface area contributed by atoms with E-state index in [4.69, 9.17) is 10.0 Å². The molecule has 0 aliphatic rings. The van der Waals surface area contributed by atoms with E-state index in [1.165, 1.54) is 0 Å². The minimum Gasteiger partial charge on any atom is -0.422 e. The van der Waals surface area contributed by atoms with Crippen molar-refractivity contribution in [2.75, 3.05) is 0 Å². The molecule has 0 atom stereocenters. The van der Waals surface area contributed by atoms with Crippen molar-refractivity contribution in [2.45, 2.75) is 0 Å². The SMILES string of the molecule is OB(O)c1[nH]cc2ccccc12. The van der Waals surface area contributed by atoms with Crippen molar-refractivity contribution in [3.05, 3.63) is 30.5 Å². The monoisotopic (exact) mass is 161 g/mol. The van der Waals surface area contributed by atoms with Gasteiger partial charge < -0.3 is 15.0 Å². The van der Waals surface area contributed by atoms with Gasteiger partial charge in [0.1, 0.15) is 0 Å². The van der Waals surface area contributed by atoms with E-state index in [2.05, 4.69) is 4.98 Å². The molecule has 3 nitrogen and oxygen atoms in total. The Morgan fingerprint density at radius 1 is 1.17 bits per heavy atom. The lowest BCUT2D eigenvalue weighted by Gasteiger charge is -1.94. The maximum Gasteiger partial charge on any atom is 0.506 e. The molecule has 1 heterocycles. The van der Waals surface area contributed by atoms with Crippen molar-refractivity contribution >= 4 is 23.5 Å². The van der Waals surface area contributed by atoms with Gasteiger partial charge in [0.15, 0.2) is 0 Å². The summed E-state index contributed by atoms with van der Waals surface area (Å²) in [5.41, 5.74) is 0.450. The first kappa shape index (κ1) is 7.40. The average Bonchev–Trinajstić information content (AvgIpc) is 2.47. The van der Waals surface area contributed by atoms with Crippen LogP contribution >= 0.6 is 0 Å². The Bertz CT molecular complexity index is 397. The van der Waals surface area contributed by atoms with Crippen molar-refractivity contribution in [3.8, 4) is 0 Å². The molecule has 0 amide bonds. The topological polar surface area (TPSA) is 56.2 Å². The first-order chi connectivity index (χ1) is 5.79. The number of fused-ring (bicyclic) bond motifs is 1. The van der Waals surface area contributed by atoms with E-state index in [9.17, 15) is 0 Å². The van der Waals surface area contributed by atoms with Crippen LogP contribution in [0.25, 0.3) is 10.8 Å². The Morgan fingerprint density at radius 2 is 1.92 bits per heavy atom. The molecule has 2 rings (SSSR count). The fourth-order valence-electron chi connectivity index (χ4n) is 1.32. The van der Waals surface area contributed by atoms with E-state index < -0.39 is 7.12 Å². The normalized spacial score (nSPS) is 10.5. The minimum absolute atomic E-state index is 0.450. The number of H-pyrrole nitrogens is 1. The summed E-state index contributed by atoms with van der Waals surface area (Å²) < 4.78 is 0. The van der Waals surface area contributed by atoms with Crippen LogP contribution < -0.4 is 5.59 Å². The van der Waals surface area contributed by atoms with E-state index in [1.54, 1.807) is 6.20 Å². The Labute approximate surface area is 69.8 Å². The zero-order valence-corrected chi connectivity index (χ0v) is 6.36. The first-order valence-electron chi connectivity index (χ1n) is 3.71. The van der Waals surface area contributed by atoms with Crippen LogP contribution in [0.2, 0.25) is 0 Å². The number of hydrogen-bond donors (Lipinski definition) is 3. The van der Waals surface area contributed by atoms with Crippen LogP contribution in [0.4, 0.5) is 0 Å². The predicted octanol–water partition coefficient (Wildman–Crippen LogP) is -0.152. The highest BCUT2D eigenvalue weighted by Gasteiger charge is 2.15. The maximum absolute atomic E-state index is 8.93. The molecule has 0 unspecified atom stereocenters. The molecule has 0 aliphatic carbocycles. The molecule has 4 heteroatoms. The van der Waals surface area contributed by atoms with E-state index in [0.717, 1.165) is 10.8 Å². The second kappa shape index (κ2) is 2.66. The van der Waals surface area contributed by atoms with Gasteiger partial charge >= 0.3 is 7.12 Å². The van der Waals surface area contributed by atoms with Gasteiger partial charge in [0.25, 0.3) is 0 Å². The molecule has 1 aromatic carbocycles. The summed E-state index contributed by atoms with van der Waals surface area (Å²) in [4.78, 5) is 2.81. The van der Waals surface area contributed by atoms with Crippen LogP contribution in [-0.4, -0.2) is 22.2 Å². The van der Waals surface area contributed by atoms with E-state index in [1.807, 2.05) is 24.3 Å². The van der Waals surface area contributed by atoms with Gasteiger partial charge in [0.2, 0.25) is 0 Å². The number of aromatic nitrogens is 1. The highest BCUT2D eigenvalue weighted by atomic mass is 16.4. The van der Waals surface area contributed by atoms with E-state index >= 15 is 0 Å². The third-order valence-corrected chi connectivity index (χ3v) is 1.89. The molecule has 3 N–H and O–H groups in total. The second-order valence-electron chi connectivity index (χ2n) is 2.66. The number of hydrogen-bond acceptors (Lipinski definition) is 2. The average molecular weight is 161 g/mol. The van der Waals surface area contributed by atoms with E-state index in [0.29, 0.717) is 5.59 Å². The van der Waals surface area contributed by atoms with Crippen LogP contribution in [0, 0.1) is 0 Å². The molecular formula is C8H8BNO2. The van der Waals surface area contributed by atoms with Gasteiger partial charge in [0.05, 0.1) is 5.59 Å². The van der Waals surface area contributed by atoms with Crippen molar-refractivity contribution in [3.63, 3.8) is 0 Å². The Kier molecular flexibility index (Phi) is 1.64. The molecular weight excluding hydrogens is 153 g/mol. The number of nitrogens with one attached hydrogen (secondary N) is 1. The van der Waals surface area contributed by atoms with Crippen molar-refractivity contribution in [1.82, 2.24) is 4.98 Å². The Hall–Kier alpha value is -1.26. The zero-order valence-electron chi connectivity index (χ0n) is 6.36. The number of aromatic amines is 1. The predicted molar refractivity (Wildman–Crippen MR) is 48.1 cm³/mol. The highest BCUT2D eigenvalue weighted by Crippen LogP contribution is 2.09. The summed E-state index contributed by atoms with van der Waals surface area (Å²) in [5, 5.41) is 19.7. The molecule has 0 aliphatic heterocycles. The summed E-state index contributed by atoms with van der Waals surface area (Å²) in [6.07, 6.45) is 1.75. The number of rotatable bonds is 1. The van der Waals surface area contributed by atoms with Crippen LogP contribution in [0.1, 0.15) is 0 Å². The Balaban J connectivity index is 2.70. The minimum atomic E-state index is -1.43. The molecule has 0 fully saturated rings. The molecule has 1 aromatic heterocycles. The van der Waals surface area contributed by atoms with Crippen molar-refractivity contribution < 1.29 is 10.0 Å². The lowest BCUT2D eigenvalue weighted by atomic mass is 9.84. The summed E-state index contributed by atoms with van der Waals surface area (Å²) in [7, 11) is -1.43. The summed E-state index contributed by atoms with van der Waals surface area (Å²) >= 11 is 0. The van der Waals surface area contributed by atoms with Gasteiger partial charge in [0, 0.05) is 6.20 Å². The highest BCUT2D eigenvalue weighted by molar-refractivity contribution is 6.61. The fourth-order valence-corrected chi connectivity index (χ4v) is 1.32. The molecule has 0 spiro atoms. The maximum atomic E-state index is 8.93. The molecule has 60 valence electrons. The van der Waals surface area contributed by atoms with Crippen LogP contribution in [0.15, 0.2) is 30.5 Å². The molecule has 12 heavy (non-hydrogen) atoms. The Morgan fingerprint density at radius 3 is 2.67 bits per heavy atom. The fraction of sp³-hybridized carbons (Fsp3) is 0. The van der Waals surface area contributed by atoms with Gasteiger partial charge in [-0.3, -0.25) is 0 Å².